The molecule has 0 unspecified atom stereocenters. The van der Waals surface area contributed by atoms with Crippen molar-refractivity contribution in [3.63, 3.8) is 0 Å². The van der Waals surface area contributed by atoms with Gasteiger partial charge in [0.25, 0.3) is 11.6 Å². The monoisotopic (exact) mass is 352 g/mol. The summed E-state index contributed by atoms with van der Waals surface area (Å²) in [5.74, 6) is -2.06. The number of amides is 1. The van der Waals surface area contributed by atoms with Crippen LogP contribution >= 0.6 is 11.6 Å². The van der Waals surface area contributed by atoms with Gasteiger partial charge in [-0.25, -0.2) is 8.78 Å². The Bertz CT molecular complexity index is 857. The highest BCUT2D eigenvalue weighted by molar-refractivity contribution is 6.32. The van der Waals surface area contributed by atoms with Crippen molar-refractivity contribution in [3.8, 4) is 0 Å². The minimum atomic E-state index is -0.784. The largest absolute Gasteiger partial charge is 0.308 e. The van der Waals surface area contributed by atoms with Crippen LogP contribution in [0.1, 0.15) is 22.3 Å². The van der Waals surface area contributed by atoms with Gasteiger partial charge in [0, 0.05) is 29.8 Å². The number of benzene rings is 2. The van der Waals surface area contributed by atoms with E-state index in [1.807, 2.05) is 0 Å². The predicted octanol–water partition coefficient (Wildman–Crippen LogP) is 4.12. The van der Waals surface area contributed by atoms with Gasteiger partial charge in [-0.05, 0) is 31.0 Å². The molecule has 1 aliphatic heterocycles. The highest BCUT2D eigenvalue weighted by Gasteiger charge is 2.27. The summed E-state index contributed by atoms with van der Waals surface area (Å²) in [6.07, 6.45) is 0.906. The van der Waals surface area contributed by atoms with Crippen molar-refractivity contribution in [2.45, 2.75) is 12.8 Å². The maximum absolute atomic E-state index is 13.9. The third kappa shape index (κ3) is 2.82. The van der Waals surface area contributed by atoms with Gasteiger partial charge in [0.15, 0.2) is 0 Å². The van der Waals surface area contributed by atoms with Crippen LogP contribution in [0.5, 0.6) is 0 Å². The Morgan fingerprint density at radius 1 is 1.25 bits per heavy atom. The van der Waals surface area contributed by atoms with Crippen LogP contribution < -0.4 is 4.90 Å². The molecule has 24 heavy (non-hydrogen) atoms. The lowest BCUT2D eigenvalue weighted by molar-refractivity contribution is -0.384. The third-order valence-corrected chi connectivity index (χ3v) is 4.19. The van der Waals surface area contributed by atoms with Crippen LogP contribution in [-0.4, -0.2) is 17.4 Å². The topological polar surface area (TPSA) is 63.4 Å². The summed E-state index contributed by atoms with van der Waals surface area (Å²) >= 11 is 5.74. The molecule has 0 spiro atoms. The van der Waals surface area contributed by atoms with Gasteiger partial charge in [-0.2, -0.15) is 0 Å². The first kappa shape index (κ1) is 16.3. The number of nitrogens with zero attached hydrogens (tertiary/aromatic N) is 2. The van der Waals surface area contributed by atoms with Gasteiger partial charge < -0.3 is 4.90 Å². The normalized spacial score (nSPS) is 13.5. The van der Waals surface area contributed by atoms with E-state index in [-0.39, 0.29) is 28.4 Å². The van der Waals surface area contributed by atoms with E-state index in [0.29, 0.717) is 12.8 Å². The molecule has 3 rings (SSSR count). The fraction of sp³-hybridized carbons (Fsp3) is 0.188. The van der Waals surface area contributed by atoms with Crippen LogP contribution in [-0.2, 0) is 6.42 Å². The van der Waals surface area contributed by atoms with Gasteiger partial charge in [0.05, 0.1) is 10.6 Å². The van der Waals surface area contributed by atoms with Crippen LogP contribution in [0.25, 0.3) is 0 Å². The second-order valence-electron chi connectivity index (χ2n) is 5.37. The molecule has 2 aromatic carbocycles. The standard InChI is InChI=1S/C16H11ClF2N2O3/c17-12-4-3-9(6-15(12)21(23)24)16(22)20-5-1-2-11-13(19)7-10(18)8-14(11)20/h3-4,6-8H,1-2,5H2. The first-order valence-electron chi connectivity index (χ1n) is 7.12. The van der Waals surface area contributed by atoms with Crippen LogP contribution in [0.3, 0.4) is 0 Å². The molecule has 5 nitrogen and oxygen atoms in total. The Balaban J connectivity index is 2.04. The number of carbonyl (C=O) groups is 1. The van der Waals surface area contributed by atoms with Crippen molar-refractivity contribution in [2.75, 3.05) is 11.4 Å². The van der Waals surface area contributed by atoms with E-state index in [2.05, 4.69) is 0 Å². The summed E-state index contributed by atoms with van der Waals surface area (Å²) < 4.78 is 27.4. The Hall–Kier alpha value is -2.54. The molecule has 0 bridgehead atoms. The minimum absolute atomic E-state index is 0.0311. The molecule has 0 atom stereocenters. The summed E-state index contributed by atoms with van der Waals surface area (Å²) in [6.45, 7) is 0.269. The summed E-state index contributed by atoms with van der Waals surface area (Å²) in [5.41, 5.74) is 0.0506. The molecule has 2 aromatic rings. The summed E-state index contributed by atoms with van der Waals surface area (Å²) in [7, 11) is 0. The molecule has 1 heterocycles. The van der Waals surface area contributed by atoms with Crippen LogP contribution in [0.2, 0.25) is 5.02 Å². The molecular weight excluding hydrogens is 342 g/mol. The zero-order chi connectivity index (χ0) is 17.4. The summed E-state index contributed by atoms with van der Waals surface area (Å²) in [5, 5.41) is 10.9. The number of halogens is 3. The van der Waals surface area contributed by atoms with Gasteiger partial charge in [-0.1, -0.05) is 11.6 Å². The number of hydrogen-bond acceptors (Lipinski definition) is 3. The van der Waals surface area contributed by atoms with E-state index >= 15 is 0 Å². The van der Waals surface area contributed by atoms with E-state index < -0.39 is 28.2 Å². The van der Waals surface area contributed by atoms with Crippen molar-refractivity contribution in [1.29, 1.82) is 0 Å². The van der Waals surface area contributed by atoms with Crippen LogP contribution in [0.15, 0.2) is 30.3 Å². The lowest BCUT2D eigenvalue weighted by Gasteiger charge is -2.29. The quantitative estimate of drug-likeness (QED) is 0.603. The fourth-order valence-electron chi connectivity index (χ4n) is 2.77. The molecule has 0 saturated carbocycles. The number of fused-ring (bicyclic) bond motifs is 1. The van der Waals surface area contributed by atoms with Crippen LogP contribution in [0, 0.1) is 21.7 Å². The van der Waals surface area contributed by atoms with E-state index in [9.17, 15) is 23.7 Å². The molecule has 0 N–H and O–H groups in total. The molecule has 1 amide bonds. The summed E-state index contributed by atoms with van der Waals surface area (Å²) in [4.78, 5) is 24.2. The van der Waals surface area contributed by atoms with Crippen molar-refractivity contribution in [3.05, 3.63) is 68.2 Å². The maximum atomic E-state index is 13.9. The minimum Gasteiger partial charge on any atom is -0.308 e. The molecule has 8 heteroatoms. The Morgan fingerprint density at radius 3 is 2.71 bits per heavy atom. The molecule has 124 valence electrons. The van der Waals surface area contributed by atoms with Gasteiger partial charge in [-0.3, -0.25) is 14.9 Å². The highest BCUT2D eigenvalue weighted by Crippen LogP contribution is 2.32. The average Bonchev–Trinajstić information content (AvgIpc) is 2.54. The zero-order valence-electron chi connectivity index (χ0n) is 12.3. The lowest BCUT2D eigenvalue weighted by Crippen LogP contribution is -2.36. The molecule has 0 radical (unpaired) electrons. The second-order valence-corrected chi connectivity index (χ2v) is 5.78. The fourth-order valence-corrected chi connectivity index (χ4v) is 2.95. The van der Waals surface area contributed by atoms with E-state index in [1.165, 1.54) is 17.0 Å². The first-order valence-corrected chi connectivity index (χ1v) is 7.50. The summed E-state index contributed by atoms with van der Waals surface area (Å²) in [6, 6.07) is 5.54. The lowest BCUT2D eigenvalue weighted by atomic mass is 10.00. The van der Waals surface area contributed by atoms with E-state index in [1.54, 1.807) is 0 Å². The molecule has 0 aromatic heterocycles. The van der Waals surface area contributed by atoms with E-state index in [4.69, 9.17) is 11.6 Å². The van der Waals surface area contributed by atoms with Crippen molar-refractivity contribution in [2.24, 2.45) is 0 Å². The molecule has 0 saturated heterocycles. The maximum Gasteiger partial charge on any atom is 0.288 e. The zero-order valence-corrected chi connectivity index (χ0v) is 13.0. The van der Waals surface area contributed by atoms with Crippen molar-refractivity contribution in [1.82, 2.24) is 0 Å². The molecule has 0 fully saturated rings. The smallest absolute Gasteiger partial charge is 0.288 e. The average molecular weight is 353 g/mol. The van der Waals surface area contributed by atoms with Crippen molar-refractivity contribution < 1.29 is 18.5 Å². The number of rotatable bonds is 2. The highest BCUT2D eigenvalue weighted by atomic mass is 35.5. The number of nitro benzene ring substituents is 1. The number of carbonyl (C=O) groups excluding carboxylic acids is 1. The third-order valence-electron chi connectivity index (χ3n) is 3.87. The van der Waals surface area contributed by atoms with E-state index in [0.717, 1.165) is 18.2 Å². The van der Waals surface area contributed by atoms with Gasteiger partial charge >= 0.3 is 0 Å². The Morgan fingerprint density at radius 2 is 2.00 bits per heavy atom. The number of anilines is 1. The first-order chi connectivity index (χ1) is 11.4. The number of nitro groups is 1. The van der Waals surface area contributed by atoms with Gasteiger partial charge in [0.2, 0.25) is 0 Å². The van der Waals surface area contributed by atoms with Gasteiger partial charge in [-0.15, -0.1) is 0 Å². The Kier molecular flexibility index (Phi) is 4.19. The molecule has 1 aliphatic rings. The van der Waals surface area contributed by atoms with Gasteiger partial charge in [0.1, 0.15) is 16.7 Å². The van der Waals surface area contributed by atoms with Crippen LogP contribution in [0.4, 0.5) is 20.2 Å². The molecule has 0 aliphatic carbocycles. The predicted molar refractivity (Wildman–Crippen MR) is 84.5 cm³/mol. The molecular formula is C16H11ClF2N2O3. The SMILES string of the molecule is O=C(c1ccc(Cl)c([N+](=O)[O-])c1)N1CCCc2c(F)cc(F)cc21. The Labute approximate surface area is 140 Å². The number of hydrogen-bond donors (Lipinski definition) is 0. The van der Waals surface area contributed by atoms with Crippen molar-refractivity contribution >= 4 is 28.9 Å². The second kappa shape index (κ2) is 6.16.